The molecule has 10 heteroatoms. The maximum Gasteiger partial charge on any atom is 0.272 e. The zero-order valence-electron chi connectivity index (χ0n) is 20.8. The molecular formula is C26H31F2N3O4S. The third kappa shape index (κ3) is 6.03. The van der Waals surface area contributed by atoms with Gasteiger partial charge in [-0.25, -0.2) is 22.2 Å². The number of hydrogen-bond acceptors (Lipinski definition) is 6. The summed E-state index contributed by atoms with van der Waals surface area (Å²) in [6, 6.07) is 10.3. The number of benzene rings is 1. The molecule has 1 unspecified atom stereocenters. The predicted molar refractivity (Wildman–Crippen MR) is 132 cm³/mol. The Labute approximate surface area is 210 Å². The van der Waals surface area contributed by atoms with Gasteiger partial charge >= 0.3 is 0 Å². The SMILES string of the molecule is C[C@H](c1ccc(OCC(F)F)nc1)C1CCc2ccc(S(=O)(=O)Nc3cc(C(C)(C)C)on3)cc2C1. The second kappa shape index (κ2) is 10.2. The number of aryl methyl sites for hydroxylation is 1. The van der Waals surface area contributed by atoms with Crippen LogP contribution in [-0.2, 0) is 28.3 Å². The van der Waals surface area contributed by atoms with E-state index in [0.29, 0.717) is 5.76 Å². The van der Waals surface area contributed by atoms with E-state index >= 15 is 0 Å². The fraction of sp³-hybridized carbons (Fsp3) is 0.462. The van der Waals surface area contributed by atoms with E-state index in [1.165, 1.54) is 0 Å². The van der Waals surface area contributed by atoms with Gasteiger partial charge in [-0.3, -0.25) is 4.72 Å². The van der Waals surface area contributed by atoms with E-state index in [1.54, 1.807) is 30.5 Å². The molecule has 0 saturated carbocycles. The summed E-state index contributed by atoms with van der Waals surface area (Å²) in [7, 11) is -3.84. The van der Waals surface area contributed by atoms with Crippen LogP contribution < -0.4 is 9.46 Å². The smallest absolute Gasteiger partial charge is 0.272 e. The zero-order chi connectivity index (χ0) is 26.1. The minimum atomic E-state index is -3.84. The molecule has 2 atom stereocenters. The van der Waals surface area contributed by atoms with Crippen molar-refractivity contribution in [3.05, 3.63) is 65.0 Å². The summed E-state index contributed by atoms with van der Waals surface area (Å²) in [5.74, 6) is 1.34. The van der Waals surface area contributed by atoms with Crippen molar-refractivity contribution in [3.63, 3.8) is 0 Å². The van der Waals surface area contributed by atoms with Crippen molar-refractivity contribution in [2.45, 2.75) is 69.6 Å². The zero-order valence-corrected chi connectivity index (χ0v) is 21.6. The fourth-order valence-electron chi connectivity index (χ4n) is 4.40. The number of anilines is 1. The maximum absolute atomic E-state index is 13.1. The van der Waals surface area contributed by atoms with E-state index in [4.69, 9.17) is 9.26 Å². The molecule has 1 aliphatic rings. The Morgan fingerprint density at radius 3 is 2.58 bits per heavy atom. The lowest BCUT2D eigenvalue weighted by Crippen LogP contribution is -2.21. The molecule has 1 aromatic carbocycles. The Hall–Kier alpha value is -3.01. The first-order valence-corrected chi connectivity index (χ1v) is 13.4. The van der Waals surface area contributed by atoms with E-state index in [2.05, 4.69) is 21.8 Å². The van der Waals surface area contributed by atoms with Crippen LogP contribution in [0.3, 0.4) is 0 Å². The van der Waals surface area contributed by atoms with Gasteiger partial charge in [-0.05, 0) is 59.9 Å². The molecule has 4 rings (SSSR count). The molecule has 2 aromatic heterocycles. The highest BCUT2D eigenvalue weighted by Gasteiger charge is 2.27. The Morgan fingerprint density at radius 1 is 1.17 bits per heavy atom. The average Bonchev–Trinajstić information content (AvgIpc) is 3.30. The van der Waals surface area contributed by atoms with Gasteiger partial charge in [0.1, 0.15) is 5.76 Å². The van der Waals surface area contributed by atoms with Crippen LogP contribution in [0.25, 0.3) is 0 Å². The van der Waals surface area contributed by atoms with E-state index in [-0.39, 0.29) is 33.8 Å². The molecular weight excluding hydrogens is 488 g/mol. The van der Waals surface area contributed by atoms with Gasteiger partial charge in [0, 0.05) is 23.7 Å². The first-order valence-electron chi connectivity index (χ1n) is 11.9. The summed E-state index contributed by atoms with van der Waals surface area (Å²) in [4.78, 5) is 4.34. The van der Waals surface area contributed by atoms with Crippen LogP contribution in [0.5, 0.6) is 5.88 Å². The van der Waals surface area contributed by atoms with E-state index < -0.39 is 23.1 Å². The highest BCUT2D eigenvalue weighted by atomic mass is 32.2. The minimum absolute atomic E-state index is 0.151. The molecule has 2 heterocycles. The van der Waals surface area contributed by atoms with Gasteiger partial charge < -0.3 is 9.26 Å². The van der Waals surface area contributed by atoms with Crippen molar-refractivity contribution in [1.29, 1.82) is 0 Å². The van der Waals surface area contributed by atoms with E-state index in [9.17, 15) is 17.2 Å². The van der Waals surface area contributed by atoms with Crippen molar-refractivity contribution < 1.29 is 26.5 Å². The summed E-state index contributed by atoms with van der Waals surface area (Å²) in [5, 5.41) is 3.86. The number of halogens is 2. The highest BCUT2D eigenvalue weighted by Crippen LogP contribution is 2.36. The average molecular weight is 520 g/mol. The van der Waals surface area contributed by atoms with Crippen LogP contribution in [0.4, 0.5) is 14.6 Å². The van der Waals surface area contributed by atoms with Gasteiger partial charge in [0.2, 0.25) is 5.88 Å². The molecule has 0 aliphatic heterocycles. The van der Waals surface area contributed by atoms with Gasteiger partial charge in [-0.15, -0.1) is 0 Å². The third-order valence-electron chi connectivity index (χ3n) is 6.59. The first-order chi connectivity index (χ1) is 16.9. The monoisotopic (exact) mass is 519 g/mol. The Morgan fingerprint density at radius 2 is 1.94 bits per heavy atom. The van der Waals surface area contributed by atoms with E-state index in [1.807, 2.05) is 32.9 Å². The number of nitrogens with one attached hydrogen (secondary N) is 1. The molecule has 0 saturated heterocycles. The minimum Gasteiger partial charge on any atom is -0.472 e. The lowest BCUT2D eigenvalue weighted by Gasteiger charge is -2.30. The molecule has 3 aromatic rings. The Kier molecular flexibility index (Phi) is 7.36. The van der Waals surface area contributed by atoms with Crippen LogP contribution in [0, 0.1) is 5.92 Å². The molecule has 194 valence electrons. The summed E-state index contributed by atoms with van der Waals surface area (Å²) >= 11 is 0. The highest BCUT2D eigenvalue weighted by molar-refractivity contribution is 7.92. The molecule has 1 aliphatic carbocycles. The van der Waals surface area contributed by atoms with Crippen molar-refractivity contribution >= 4 is 15.8 Å². The van der Waals surface area contributed by atoms with Gasteiger partial charge in [0.25, 0.3) is 16.4 Å². The number of fused-ring (bicyclic) bond motifs is 1. The Bertz CT molecular complexity index is 1300. The molecule has 1 N–H and O–H groups in total. The van der Waals surface area contributed by atoms with Gasteiger partial charge in [0.05, 0.1) is 4.90 Å². The van der Waals surface area contributed by atoms with Crippen molar-refractivity contribution in [1.82, 2.24) is 10.1 Å². The second-order valence-electron chi connectivity index (χ2n) is 10.3. The van der Waals surface area contributed by atoms with Crippen LogP contribution in [0.15, 0.2) is 52.0 Å². The summed E-state index contributed by atoms with van der Waals surface area (Å²) < 4.78 is 63.6. The van der Waals surface area contributed by atoms with E-state index in [0.717, 1.165) is 36.0 Å². The van der Waals surface area contributed by atoms with Crippen molar-refractivity contribution in [3.8, 4) is 5.88 Å². The number of pyridine rings is 1. The van der Waals surface area contributed by atoms with Gasteiger partial charge in [-0.1, -0.05) is 45.0 Å². The first kappa shape index (κ1) is 26.1. The number of alkyl halides is 2. The number of rotatable bonds is 8. The van der Waals surface area contributed by atoms with Gasteiger partial charge in [0.15, 0.2) is 12.4 Å². The maximum atomic E-state index is 13.1. The van der Waals surface area contributed by atoms with Crippen LogP contribution in [-0.4, -0.2) is 31.6 Å². The quantitative estimate of drug-likeness (QED) is 0.409. The molecule has 0 radical (unpaired) electrons. The number of sulfonamides is 1. The largest absolute Gasteiger partial charge is 0.472 e. The number of aromatic nitrogens is 2. The summed E-state index contributed by atoms with van der Waals surface area (Å²) in [6.07, 6.45) is 1.64. The normalized spacial score (nSPS) is 17.0. The summed E-state index contributed by atoms with van der Waals surface area (Å²) in [5.41, 5.74) is 2.84. The topological polar surface area (TPSA) is 94.3 Å². The van der Waals surface area contributed by atoms with Crippen molar-refractivity contribution in [2.75, 3.05) is 11.3 Å². The van der Waals surface area contributed by atoms with Crippen LogP contribution in [0.2, 0.25) is 0 Å². The Balaban J connectivity index is 1.47. The fourth-order valence-corrected chi connectivity index (χ4v) is 5.43. The lowest BCUT2D eigenvalue weighted by atomic mass is 9.75. The van der Waals surface area contributed by atoms with Gasteiger partial charge in [-0.2, -0.15) is 0 Å². The molecule has 0 spiro atoms. The standard InChI is InChI=1S/C26H31F2N3O4S/c1-16(19-8-10-25(29-14-19)34-15-23(27)28)18-6-5-17-7-9-21(12-20(17)11-18)36(32,33)31-24-13-22(35-30-24)26(2,3)4/h7-10,12-14,16,18,23H,5-6,11,15H2,1-4H3,(H,30,31)/t16-,18?/m0/s1. The summed E-state index contributed by atoms with van der Waals surface area (Å²) in [6.45, 7) is 7.29. The third-order valence-corrected chi connectivity index (χ3v) is 7.94. The lowest BCUT2D eigenvalue weighted by molar-refractivity contribution is 0.0795. The number of nitrogens with zero attached hydrogens (tertiary/aromatic N) is 2. The number of hydrogen-bond donors (Lipinski definition) is 1. The second-order valence-corrected chi connectivity index (χ2v) is 12.0. The molecule has 7 nitrogen and oxygen atoms in total. The predicted octanol–water partition coefficient (Wildman–Crippen LogP) is 5.72. The van der Waals surface area contributed by atoms with Crippen LogP contribution >= 0.6 is 0 Å². The number of ether oxygens (including phenoxy) is 1. The molecule has 0 bridgehead atoms. The van der Waals surface area contributed by atoms with Crippen LogP contribution in [0.1, 0.15) is 62.5 Å². The molecule has 36 heavy (non-hydrogen) atoms. The van der Waals surface area contributed by atoms with Crippen molar-refractivity contribution in [2.24, 2.45) is 5.92 Å². The molecule has 0 amide bonds. The molecule has 0 fully saturated rings.